The molecule has 0 saturated carbocycles. The first kappa shape index (κ1) is 13.6. The Balaban J connectivity index is 1.72. The molecule has 1 aromatic heterocycles. The van der Waals surface area contributed by atoms with Gasteiger partial charge in [0.05, 0.1) is 11.9 Å². The summed E-state index contributed by atoms with van der Waals surface area (Å²) >= 11 is 0. The summed E-state index contributed by atoms with van der Waals surface area (Å²) in [7, 11) is 0. The van der Waals surface area contributed by atoms with E-state index in [1.165, 1.54) is 5.69 Å². The third-order valence-corrected chi connectivity index (χ3v) is 3.51. The van der Waals surface area contributed by atoms with Crippen molar-refractivity contribution in [2.45, 2.75) is 19.8 Å². The number of nitrogens with zero attached hydrogens (tertiary/aromatic N) is 2. The molecule has 104 valence electrons. The lowest BCUT2D eigenvalue weighted by atomic mass is 9.96. The highest BCUT2D eigenvalue weighted by molar-refractivity contribution is 5.73. The van der Waals surface area contributed by atoms with Gasteiger partial charge in [-0.25, -0.2) is 4.79 Å². The molecule has 2 N–H and O–H groups in total. The summed E-state index contributed by atoms with van der Waals surface area (Å²) in [6, 6.07) is 4.01. The van der Waals surface area contributed by atoms with E-state index < -0.39 is 0 Å². The molecule has 5 heteroatoms. The Morgan fingerprint density at radius 1 is 1.42 bits per heavy atom. The molecule has 1 aliphatic rings. The molecule has 0 aliphatic carbocycles. The molecule has 0 spiro atoms. The van der Waals surface area contributed by atoms with Crippen LogP contribution in [-0.4, -0.2) is 37.2 Å². The number of hydrogen-bond acceptors (Lipinski definition) is 3. The maximum atomic E-state index is 11.3. The Bertz CT molecular complexity index is 388. The number of nitrogens with one attached hydrogen (secondary N) is 2. The van der Waals surface area contributed by atoms with Crippen LogP contribution in [-0.2, 0) is 0 Å². The SMILES string of the molecule is CCNC(=O)NCC1CCN(c2cccnc2)CC1. The summed E-state index contributed by atoms with van der Waals surface area (Å²) in [5.74, 6) is 0.579. The Labute approximate surface area is 114 Å². The van der Waals surface area contributed by atoms with Crippen molar-refractivity contribution < 1.29 is 4.79 Å². The van der Waals surface area contributed by atoms with Crippen LogP contribution in [0, 0.1) is 5.92 Å². The van der Waals surface area contributed by atoms with Crippen LogP contribution in [0.1, 0.15) is 19.8 Å². The second kappa shape index (κ2) is 6.97. The van der Waals surface area contributed by atoms with Gasteiger partial charge in [0.2, 0.25) is 0 Å². The van der Waals surface area contributed by atoms with Gasteiger partial charge in [-0.1, -0.05) is 0 Å². The largest absolute Gasteiger partial charge is 0.370 e. The van der Waals surface area contributed by atoms with Crippen LogP contribution in [0.3, 0.4) is 0 Å². The van der Waals surface area contributed by atoms with Gasteiger partial charge in [0.15, 0.2) is 0 Å². The normalized spacial score (nSPS) is 16.2. The molecule has 2 heterocycles. The zero-order valence-corrected chi connectivity index (χ0v) is 11.4. The number of urea groups is 1. The molecule has 1 aromatic rings. The van der Waals surface area contributed by atoms with Crippen molar-refractivity contribution in [2.24, 2.45) is 5.92 Å². The molecule has 1 aliphatic heterocycles. The van der Waals surface area contributed by atoms with Gasteiger partial charge in [-0.3, -0.25) is 4.98 Å². The number of hydrogen-bond donors (Lipinski definition) is 2. The molecule has 2 amide bonds. The number of anilines is 1. The van der Waals surface area contributed by atoms with E-state index in [2.05, 4.69) is 26.6 Å². The lowest BCUT2D eigenvalue weighted by Crippen LogP contribution is -2.41. The van der Waals surface area contributed by atoms with Crippen LogP contribution in [0.15, 0.2) is 24.5 Å². The van der Waals surface area contributed by atoms with Gasteiger partial charge in [-0.15, -0.1) is 0 Å². The van der Waals surface area contributed by atoms with E-state index in [4.69, 9.17) is 0 Å². The second-order valence-corrected chi connectivity index (χ2v) is 4.88. The molecule has 0 radical (unpaired) electrons. The fraction of sp³-hybridized carbons (Fsp3) is 0.571. The first-order valence-corrected chi connectivity index (χ1v) is 6.96. The Kier molecular flexibility index (Phi) is 5.01. The third-order valence-electron chi connectivity index (χ3n) is 3.51. The van der Waals surface area contributed by atoms with Crippen molar-refractivity contribution in [3.63, 3.8) is 0 Å². The first-order chi connectivity index (χ1) is 9.29. The van der Waals surface area contributed by atoms with Crippen molar-refractivity contribution in [1.29, 1.82) is 0 Å². The van der Waals surface area contributed by atoms with Gasteiger partial charge < -0.3 is 15.5 Å². The van der Waals surface area contributed by atoms with Crippen molar-refractivity contribution in [3.8, 4) is 0 Å². The quantitative estimate of drug-likeness (QED) is 0.867. The number of carbonyl (C=O) groups excluding carboxylic acids is 1. The van der Waals surface area contributed by atoms with E-state index in [0.29, 0.717) is 12.5 Å². The van der Waals surface area contributed by atoms with E-state index in [1.807, 2.05) is 19.2 Å². The number of pyridine rings is 1. The van der Waals surface area contributed by atoms with Crippen molar-refractivity contribution in [1.82, 2.24) is 15.6 Å². The molecule has 2 rings (SSSR count). The number of carbonyl (C=O) groups is 1. The first-order valence-electron chi connectivity index (χ1n) is 6.96. The fourth-order valence-corrected chi connectivity index (χ4v) is 2.40. The molecule has 5 nitrogen and oxygen atoms in total. The minimum atomic E-state index is -0.0582. The minimum absolute atomic E-state index is 0.0582. The van der Waals surface area contributed by atoms with Crippen molar-refractivity contribution in [2.75, 3.05) is 31.1 Å². The molecule has 0 aromatic carbocycles. The standard InChI is InChI=1S/C14H22N4O/c1-2-16-14(19)17-10-12-5-8-18(9-6-12)13-4-3-7-15-11-13/h3-4,7,11-12H,2,5-6,8-10H2,1H3,(H2,16,17,19). The maximum Gasteiger partial charge on any atom is 0.314 e. The molecular formula is C14H22N4O. The lowest BCUT2D eigenvalue weighted by Gasteiger charge is -2.33. The highest BCUT2D eigenvalue weighted by atomic mass is 16.2. The molecule has 1 fully saturated rings. The number of amides is 2. The maximum absolute atomic E-state index is 11.3. The summed E-state index contributed by atoms with van der Waals surface area (Å²) in [6.07, 6.45) is 5.93. The van der Waals surface area contributed by atoms with Gasteiger partial charge in [-0.05, 0) is 37.8 Å². The monoisotopic (exact) mass is 262 g/mol. The van der Waals surface area contributed by atoms with Gasteiger partial charge in [-0.2, -0.15) is 0 Å². The van der Waals surface area contributed by atoms with Gasteiger partial charge in [0.1, 0.15) is 0 Å². The Morgan fingerprint density at radius 3 is 2.84 bits per heavy atom. The fourth-order valence-electron chi connectivity index (χ4n) is 2.40. The predicted octanol–water partition coefficient (Wildman–Crippen LogP) is 1.62. The highest BCUT2D eigenvalue weighted by Crippen LogP contribution is 2.21. The molecular weight excluding hydrogens is 240 g/mol. The van der Waals surface area contributed by atoms with E-state index in [0.717, 1.165) is 32.5 Å². The Morgan fingerprint density at radius 2 is 2.21 bits per heavy atom. The summed E-state index contributed by atoms with van der Waals surface area (Å²) in [6.45, 7) is 5.44. The summed E-state index contributed by atoms with van der Waals surface area (Å²) < 4.78 is 0. The lowest BCUT2D eigenvalue weighted by molar-refractivity contribution is 0.238. The minimum Gasteiger partial charge on any atom is -0.370 e. The van der Waals surface area contributed by atoms with Gasteiger partial charge in [0, 0.05) is 32.4 Å². The van der Waals surface area contributed by atoms with Crippen LogP contribution in [0.4, 0.5) is 10.5 Å². The van der Waals surface area contributed by atoms with E-state index in [-0.39, 0.29) is 6.03 Å². The predicted molar refractivity (Wildman–Crippen MR) is 76.2 cm³/mol. The molecule has 1 saturated heterocycles. The summed E-state index contributed by atoms with van der Waals surface area (Å²) in [5, 5.41) is 5.68. The van der Waals surface area contributed by atoms with E-state index in [1.54, 1.807) is 6.20 Å². The molecule has 0 unspecified atom stereocenters. The Hall–Kier alpha value is -1.78. The molecule has 0 atom stereocenters. The van der Waals surface area contributed by atoms with Gasteiger partial charge in [0.25, 0.3) is 0 Å². The average molecular weight is 262 g/mol. The zero-order valence-electron chi connectivity index (χ0n) is 11.4. The van der Waals surface area contributed by atoms with E-state index >= 15 is 0 Å². The average Bonchev–Trinajstić information content (AvgIpc) is 2.47. The van der Waals surface area contributed by atoms with Crippen molar-refractivity contribution in [3.05, 3.63) is 24.5 Å². The number of aromatic nitrogens is 1. The summed E-state index contributed by atoms with van der Waals surface area (Å²) in [4.78, 5) is 17.8. The van der Waals surface area contributed by atoms with Crippen molar-refractivity contribution >= 4 is 11.7 Å². The van der Waals surface area contributed by atoms with Crippen LogP contribution in [0.2, 0.25) is 0 Å². The highest BCUT2D eigenvalue weighted by Gasteiger charge is 2.19. The van der Waals surface area contributed by atoms with Crippen LogP contribution >= 0.6 is 0 Å². The zero-order chi connectivity index (χ0) is 13.5. The number of rotatable bonds is 4. The van der Waals surface area contributed by atoms with Crippen LogP contribution < -0.4 is 15.5 Å². The second-order valence-electron chi connectivity index (χ2n) is 4.88. The van der Waals surface area contributed by atoms with E-state index in [9.17, 15) is 4.79 Å². The molecule has 0 bridgehead atoms. The van der Waals surface area contributed by atoms with Crippen LogP contribution in [0.25, 0.3) is 0 Å². The topological polar surface area (TPSA) is 57.3 Å². The third kappa shape index (κ3) is 4.12. The molecule has 19 heavy (non-hydrogen) atoms. The number of piperidine rings is 1. The smallest absolute Gasteiger partial charge is 0.314 e. The summed E-state index contributed by atoms with van der Waals surface area (Å²) in [5.41, 5.74) is 1.19. The van der Waals surface area contributed by atoms with Gasteiger partial charge >= 0.3 is 6.03 Å². The van der Waals surface area contributed by atoms with Crippen LogP contribution in [0.5, 0.6) is 0 Å².